The molecule has 0 bridgehead atoms. The molecule has 7 nitrogen and oxygen atoms in total. The lowest BCUT2D eigenvalue weighted by molar-refractivity contribution is -0.123. The molecule has 0 radical (unpaired) electrons. The van der Waals surface area contributed by atoms with E-state index in [1.165, 1.54) is 0 Å². The molecular weight excluding hydrogens is 441 g/mol. The van der Waals surface area contributed by atoms with E-state index in [9.17, 15) is 9.59 Å². The molecule has 0 saturated heterocycles. The topological polar surface area (TPSA) is 89.6 Å². The van der Waals surface area contributed by atoms with Crippen LogP contribution in [0.15, 0.2) is 36.5 Å². The molecule has 0 aliphatic heterocycles. The summed E-state index contributed by atoms with van der Waals surface area (Å²) < 4.78 is 10.9. The second-order valence-corrected chi connectivity index (χ2v) is 7.79. The van der Waals surface area contributed by atoms with E-state index in [1.807, 2.05) is 19.9 Å². The lowest BCUT2D eigenvalue weighted by Gasteiger charge is -2.18. The Hall–Kier alpha value is -2.51. The van der Waals surface area contributed by atoms with Gasteiger partial charge in [-0.2, -0.15) is 0 Å². The quantitative estimate of drug-likeness (QED) is 0.493. The molecule has 1 heterocycles. The first-order valence-corrected chi connectivity index (χ1v) is 10.8. The van der Waals surface area contributed by atoms with Gasteiger partial charge in [-0.1, -0.05) is 36.5 Å². The summed E-state index contributed by atoms with van der Waals surface area (Å²) in [7, 11) is 0. The number of halogens is 2. The standard InChI is InChI=1S/C22H27Cl2N3O4/c1-3-4-16(27-22(29)14-31-18-6-5-15(2)26-12-18)9-10-25-21(28)13-30-17-7-8-19(23)20(24)11-17/h5-8,11-12,16H,3-4,9-10,13-14H2,1-2H3,(H,25,28)(H,27,29)/t16-/m0/s1. The highest BCUT2D eigenvalue weighted by molar-refractivity contribution is 6.42. The summed E-state index contributed by atoms with van der Waals surface area (Å²) in [5, 5.41) is 6.52. The van der Waals surface area contributed by atoms with Crippen molar-refractivity contribution in [2.75, 3.05) is 19.8 Å². The van der Waals surface area contributed by atoms with Crippen molar-refractivity contribution in [1.29, 1.82) is 0 Å². The minimum atomic E-state index is -0.261. The van der Waals surface area contributed by atoms with Crippen molar-refractivity contribution in [3.05, 3.63) is 52.3 Å². The minimum absolute atomic E-state index is 0.0615. The molecule has 1 atom stereocenters. The molecule has 2 rings (SSSR count). The number of hydrogen-bond donors (Lipinski definition) is 2. The van der Waals surface area contributed by atoms with Gasteiger partial charge >= 0.3 is 0 Å². The molecule has 0 saturated carbocycles. The van der Waals surface area contributed by atoms with Gasteiger partial charge in [0.15, 0.2) is 13.2 Å². The lowest BCUT2D eigenvalue weighted by Crippen LogP contribution is -2.40. The number of nitrogens with zero attached hydrogens (tertiary/aromatic N) is 1. The summed E-state index contributed by atoms with van der Waals surface area (Å²) in [4.78, 5) is 28.3. The van der Waals surface area contributed by atoms with Crippen LogP contribution in [0.25, 0.3) is 0 Å². The average Bonchev–Trinajstić information content (AvgIpc) is 2.74. The highest BCUT2D eigenvalue weighted by Crippen LogP contribution is 2.26. The molecule has 1 aromatic heterocycles. The molecule has 0 aliphatic carbocycles. The van der Waals surface area contributed by atoms with Crippen molar-refractivity contribution < 1.29 is 19.1 Å². The van der Waals surface area contributed by atoms with Crippen molar-refractivity contribution in [2.45, 2.75) is 39.2 Å². The summed E-state index contributed by atoms with van der Waals surface area (Å²) >= 11 is 11.8. The normalized spacial score (nSPS) is 11.5. The van der Waals surface area contributed by atoms with E-state index >= 15 is 0 Å². The number of hydrogen-bond acceptors (Lipinski definition) is 5. The first-order valence-electron chi connectivity index (χ1n) is 10.1. The largest absolute Gasteiger partial charge is 0.484 e. The molecular formula is C22H27Cl2N3O4. The van der Waals surface area contributed by atoms with Crippen molar-refractivity contribution in [1.82, 2.24) is 15.6 Å². The maximum absolute atomic E-state index is 12.2. The van der Waals surface area contributed by atoms with Gasteiger partial charge in [0.2, 0.25) is 0 Å². The Morgan fingerprint density at radius 2 is 1.71 bits per heavy atom. The van der Waals surface area contributed by atoms with Gasteiger partial charge in [-0.25, -0.2) is 0 Å². The van der Waals surface area contributed by atoms with Gasteiger partial charge in [0.25, 0.3) is 11.8 Å². The Morgan fingerprint density at radius 1 is 1.00 bits per heavy atom. The average molecular weight is 468 g/mol. The number of carbonyl (C=O) groups is 2. The Labute approximate surface area is 192 Å². The molecule has 2 aromatic rings. The predicted octanol–water partition coefficient (Wildman–Crippen LogP) is 3.95. The Bertz CT molecular complexity index is 862. The monoisotopic (exact) mass is 467 g/mol. The molecule has 168 valence electrons. The van der Waals surface area contributed by atoms with Crippen LogP contribution in [0.2, 0.25) is 10.0 Å². The Balaban J connectivity index is 1.69. The Kier molecular flexibility index (Phi) is 10.4. The second-order valence-electron chi connectivity index (χ2n) is 6.98. The number of pyridine rings is 1. The number of amides is 2. The smallest absolute Gasteiger partial charge is 0.258 e. The maximum Gasteiger partial charge on any atom is 0.258 e. The van der Waals surface area contributed by atoms with Gasteiger partial charge in [0.1, 0.15) is 11.5 Å². The van der Waals surface area contributed by atoms with Gasteiger partial charge in [0.05, 0.1) is 16.2 Å². The SMILES string of the molecule is CCC[C@@H](CCNC(=O)COc1ccc(Cl)c(Cl)c1)NC(=O)COc1ccc(C)nc1. The van der Waals surface area contributed by atoms with Crippen LogP contribution < -0.4 is 20.1 Å². The van der Waals surface area contributed by atoms with Crippen LogP contribution >= 0.6 is 23.2 Å². The zero-order valence-electron chi connectivity index (χ0n) is 17.6. The maximum atomic E-state index is 12.2. The van der Waals surface area contributed by atoms with E-state index in [2.05, 4.69) is 15.6 Å². The summed E-state index contributed by atoms with van der Waals surface area (Å²) in [6.07, 6.45) is 3.89. The van der Waals surface area contributed by atoms with Crippen LogP contribution in [0.4, 0.5) is 0 Å². The summed E-state index contributed by atoms with van der Waals surface area (Å²) in [5.74, 6) is 0.530. The molecule has 2 amide bonds. The molecule has 31 heavy (non-hydrogen) atoms. The van der Waals surface area contributed by atoms with E-state index in [4.69, 9.17) is 32.7 Å². The third kappa shape index (κ3) is 9.44. The highest BCUT2D eigenvalue weighted by Gasteiger charge is 2.13. The zero-order valence-corrected chi connectivity index (χ0v) is 19.1. The van der Waals surface area contributed by atoms with E-state index in [-0.39, 0.29) is 31.1 Å². The highest BCUT2D eigenvalue weighted by atomic mass is 35.5. The van der Waals surface area contributed by atoms with Crippen molar-refractivity contribution >= 4 is 35.0 Å². The van der Waals surface area contributed by atoms with E-state index in [0.29, 0.717) is 34.5 Å². The molecule has 0 aliphatic rings. The number of carbonyl (C=O) groups excluding carboxylic acids is 2. The third-order valence-electron chi connectivity index (χ3n) is 4.33. The molecule has 2 N–H and O–H groups in total. The van der Waals surface area contributed by atoms with Gasteiger partial charge < -0.3 is 20.1 Å². The number of ether oxygens (including phenoxy) is 2. The summed E-state index contributed by atoms with van der Waals surface area (Å²) in [6, 6.07) is 8.33. The first-order chi connectivity index (χ1) is 14.9. The predicted molar refractivity (Wildman–Crippen MR) is 121 cm³/mol. The fourth-order valence-electron chi connectivity index (χ4n) is 2.75. The van der Waals surface area contributed by atoms with Crippen LogP contribution in [0.5, 0.6) is 11.5 Å². The summed E-state index contributed by atoms with van der Waals surface area (Å²) in [6.45, 7) is 4.11. The van der Waals surface area contributed by atoms with Crippen molar-refractivity contribution in [2.24, 2.45) is 0 Å². The first kappa shape index (κ1) is 24.8. The summed E-state index contributed by atoms with van der Waals surface area (Å²) in [5.41, 5.74) is 0.879. The molecule has 9 heteroatoms. The van der Waals surface area contributed by atoms with Crippen LogP contribution in [0.3, 0.4) is 0 Å². The van der Waals surface area contributed by atoms with E-state index < -0.39 is 0 Å². The minimum Gasteiger partial charge on any atom is -0.484 e. The second kappa shape index (κ2) is 13.0. The number of aromatic nitrogens is 1. The van der Waals surface area contributed by atoms with Crippen molar-refractivity contribution in [3.63, 3.8) is 0 Å². The third-order valence-corrected chi connectivity index (χ3v) is 5.07. The fourth-order valence-corrected chi connectivity index (χ4v) is 3.04. The lowest BCUT2D eigenvalue weighted by atomic mass is 10.1. The molecule has 1 aromatic carbocycles. The van der Waals surface area contributed by atoms with Gasteiger partial charge in [-0.15, -0.1) is 0 Å². The molecule has 0 unspecified atom stereocenters. The molecule has 0 fully saturated rings. The number of benzene rings is 1. The number of nitrogens with one attached hydrogen (secondary N) is 2. The van der Waals surface area contributed by atoms with Gasteiger partial charge in [-0.05, 0) is 44.0 Å². The molecule has 0 spiro atoms. The van der Waals surface area contributed by atoms with Crippen LogP contribution in [0.1, 0.15) is 31.9 Å². The number of rotatable bonds is 12. The number of aryl methyl sites for hydroxylation is 1. The Morgan fingerprint density at radius 3 is 2.39 bits per heavy atom. The van der Waals surface area contributed by atoms with E-state index in [1.54, 1.807) is 30.5 Å². The van der Waals surface area contributed by atoms with Crippen molar-refractivity contribution in [3.8, 4) is 11.5 Å². The zero-order chi connectivity index (χ0) is 22.6. The fraction of sp³-hybridized carbons (Fsp3) is 0.409. The van der Waals surface area contributed by atoms with Crippen LogP contribution in [-0.2, 0) is 9.59 Å². The van der Waals surface area contributed by atoms with Crippen LogP contribution in [0, 0.1) is 6.92 Å². The van der Waals surface area contributed by atoms with Crippen LogP contribution in [-0.4, -0.2) is 42.6 Å². The van der Waals surface area contributed by atoms with E-state index in [0.717, 1.165) is 18.5 Å². The van der Waals surface area contributed by atoms with Gasteiger partial charge in [-0.3, -0.25) is 14.6 Å². The van der Waals surface area contributed by atoms with Gasteiger partial charge in [0, 0.05) is 24.3 Å².